The van der Waals surface area contributed by atoms with Crippen molar-refractivity contribution in [1.82, 2.24) is 4.90 Å². The highest BCUT2D eigenvalue weighted by atomic mass is 19.4. The van der Waals surface area contributed by atoms with Crippen LogP contribution in [0.3, 0.4) is 0 Å². The Kier molecular flexibility index (Phi) is 4.96. The lowest BCUT2D eigenvalue weighted by molar-refractivity contribution is -0.206. The number of aliphatic hydroxyl groups is 1. The van der Waals surface area contributed by atoms with Gasteiger partial charge in [0.15, 0.2) is 6.10 Å². The third-order valence-electron chi connectivity index (χ3n) is 2.46. The van der Waals surface area contributed by atoms with Gasteiger partial charge < -0.3 is 10.0 Å². The lowest BCUT2D eigenvalue weighted by Gasteiger charge is -2.20. The van der Waals surface area contributed by atoms with Gasteiger partial charge in [-0.25, -0.2) is 0 Å². The van der Waals surface area contributed by atoms with Crippen LogP contribution in [0.4, 0.5) is 13.2 Å². The topological polar surface area (TPSA) is 23.5 Å². The Balaban J connectivity index is 2.33. The molecule has 96 valence electrons. The molecule has 0 spiro atoms. The SMILES string of the molecule is CN(CC[C@@H](O)C(F)(F)F)Cc1ccccc1. The third-order valence-corrected chi connectivity index (χ3v) is 2.46. The molecular weight excluding hydrogens is 231 g/mol. The molecule has 0 aromatic heterocycles. The molecule has 0 aliphatic heterocycles. The van der Waals surface area contributed by atoms with Crippen LogP contribution >= 0.6 is 0 Å². The standard InChI is InChI=1S/C12H16F3NO/c1-16(8-7-11(17)12(13,14)15)9-10-5-3-2-4-6-10/h2-6,11,17H,7-9H2,1H3/t11-/m1/s1. The summed E-state index contributed by atoms with van der Waals surface area (Å²) in [6.07, 6.45) is -7.05. The second-order valence-electron chi connectivity index (χ2n) is 4.07. The minimum Gasteiger partial charge on any atom is -0.384 e. The first-order valence-corrected chi connectivity index (χ1v) is 5.37. The summed E-state index contributed by atoms with van der Waals surface area (Å²) in [5.74, 6) is 0. The molecule has 2 nitrogen and oxygen atoms in total. The molecule has 0 bridgehead atoms. The maximum atomic E-state index is 12.1. The van der Waals surface area contributed by atoms with Gasteiger partial charge in [-0.1, -0.05) is 30.3 Å². The van der Waals surface area contributed by atoms with Crippen LogP contribution in [0.5, 0.6) is 0 Å². The van der Waals surface area contributed by atoms with Crippen molar-refractivity contribution >= 4 is 0 Å². The number of halogens is 3. The van der Waals surface area contributed by atoms with Gasteiger partial charge in [-0.2, -0.15) is 13.2 Å². The number of hydrogen-bond acceptors (Lipinski definition) is 2. The molecule has 0 unspecified atom stereocenters. The Morgan fingerprint density at radius 1 is 1.24 bits per heavy atom. The van der Waals surface area contributed by atoms with Gasteiger partial charge >= 0.3 is 6.18 Å². The fourth-order valence-electron chi connectivity index (χ4n) is 1.48. The van der Waals surface area contributed by atoms with E-state index in [-0.39, 0.29) is 13.0 Å². The summed E-state index contributed by atoms with van der Waals surface area (Å²) < 4.78 is 36.2. The van der Waals surface area contributed by atoms with Gasteiger partial charge in [-0.15, -0.1) is 0 Å². The van der Waals surface area contributed by atoms with E-state index in [2.05, 4.69) is 0 Å². The first kappa shape index (κ1) is 14.0. The minimum absolute atomic E-state index is 0.204. The molecule has 1 atom stereocenters. The number of alkyl halides is 3. The van der Waals surface area contributed by atoms with Crippen molar-refractivity contribution in [3.05, 3.63) is 35.9 Å². The second kappa shape index (κ2) is 6.02. The second-order valence-corrected chi connectivity index (χ2v) is 4.07. The van der Waals surface area contributed by atoms with E-state index >= 15 is 0 Å². The smallest absolute Gasteiger partial charge is 0.384 e. The molecule has 1 aromatic rings. The Hall–Kier alpha value is -1.07. The molecule has 0 saturated heterocycles. The maximum absolute atomic E-state index is 12.1. The van der Waals surface area contributed by atoms with Gasteiger partial charge in [0.2, 0.25) is 0 Å². The average Bonchev–Trinajstić information content (AvgIpc) is 2.26. The van der Waals surface area contributed by atoms with E-state index in [0.29, 0.717) is 6.54 Å². The van der Waals surface area contributed by atoms with Crippen LogP contribution in [0.2, 0.25) is 0 Å². The predicted octanol–water partition coefficient (Wildman–Crippen LogP) is 2.43. The van der Waals surface area contributed by atoms with Gasteiger partial charge in [-0.3, -0.25) is 0 Å². The van der Waals surface area contributed by atoms with E-state index in [0.717, 1.165) is 5.56 Å². The number of hydrogen-bond donors (Lipinski definition) is 1. The molecule has 0 amide bonds. The largest absolute Gasteiger partial charge is 0.414 e. The first-order chi connectivity index (χ1) is 7.89. The molecule has 0 fully saturated rings. The van der Waals surface area contributed by atoms with E-state index in [1.54, 1.807) is 11.9 Å². The summed E-state index contributed by atoms with van der Waals surface area (Å²) in [4.78, 5) is 1.75. The van der Waals surface area contributed by atoms with Crippen molar-refractivity contribution < 1.29 is 18.3 Å². The van der Waals surface area contributed by atoms with Crippen LogP contribution in [-0.2, 0) is 6.54 Å². The number of nitrogens with zero attached hydrogens (tertiary/aromatic N) is 1. The molecule has 0 saturated carbocycles. The Labute approximate surface area is 98.7 Å². The van der Waals surface area contributed by atoms with E-state index in [4.69, 9.17) is 5.11 Å². The molecule has 0 heterocycles. The van der Waals surface area contributed by atoms with Crippen LogP contribution in [0, 0.1) is 0 Å². The zero-order valence-corrected chi connectivity index (χ0v) is 9.61. The lowest BCUT2D eigenvalue weighted by atomic mass is 10.2. The lowest BCUT2D eigenvalue weighted by Crippen LogP contribution is -2.32. The van der Waals surface area contributed by atoms with Crippen LogP contribution in [-0.4, -0.2) is 35.9 Å². The molecule has 1 aromatic carbocycles. The quantitative estimate of drug-likeness (QED) is 0.863. The molecule has 0 aliphatic rings. The normalized spacial score (nSPS) is 14.0. The van der Waals surface area contributed by atoms with Crippen molar-refractivity contribution in [2.24, 2.45) is 0 Å². The molecule has 0 radical (unpaired) electrons. The average molecular weight is 247 g/mol. The summed E-state index contributed by atoms with van der Waals surface area (Å²) in [5, 5.41) is 8.85. The van der Waals surface area contributed by atoms with Crippen molar-refractivity contribution in [3.8, 4) is 0 Å². The molecular formula is C12H16F3NO. The zero-order chi connectivity index (χ0) is 12.9. The highest BCUT2D eigenvalue weighted by molar-refractivity contribution is 5.14. The predicted molar refractivity (Wildman–Crippen MR) is 59.5 cm³/mol. The fraction of sp³-hybridized carbons (Fsp3) is 0.500. The van der Waals surface area contributed by atoms with E-state index in [9.17, 15) is 13.2 Å². The summed E-state index contributed by atoms with van der Waals surface area (Å²) in [6.45, 7) is 0.779. The number of aliphatic hydroxyl groups excluding tert-OH is 1. The highest BCUT2D eigenvalue weighted by Crippen LogP contribution is 2.22. The molecule has 1 N–H and O–H groups in total. The van der Waals surface area contributed by atoms with E-state index in [1.165, 1.54) is 0 Å². The molecule has 1 rings (SSSR count). The van der Waals surface area contributed by atoms with Crippen LogP contribution in [0.25, 0.3) is 0 Å². The summed E-state index contributed by atoms with van der Waals surface area (Å²) in [6, 6.07) is 9.48. The maximum Gasteiger partial charge on any atom is 0.414 e. The summed E-state index contributed by atoms with van der Waals surface area (Å²) in [7, 11) is 1.73. The van der Waals surface area contributed by atoms with Crippen LogP contribution < -0.4 is 0 Å². The monoisotopic (exact) mass is 247 g/mol. The Bertz CT molecular complexity index is 326. The third kappa shape index (κ3) is 5.19. The Morgan fingerprint density at radius 3 is 2.35 bits per heavy atom. The summed E-state index contributed by atoms with van der Waals surface area (Å²) >= 11 is 0. The first-order valence-electron chi connectivity index (χ1n) is 5.37. The fourth-order valence-corrected chi connectivity index (χ4v) is 1.48. The van der Waals surface area contributed by atoms with Crippen molar-refractivity contribution in [3.63, 3.8) is 0 Å². The van der Waals surface area contributed by atoms with Gasteiger partial charge in [0.25, 0.3) is 0 Å². The van der Waals surface area contributed by atoms with Gasteiger partial charge in [0.1, 0.15) is 0 Å². The van der Waals surface area contributed by atoms with Gasteiger partial charge in [0, 0.05) is 13.1 Å². The van der Waals surface area contributed by atoms with E-state index in [1.807, 2.05) is 30.3 Å². The van der Waals surface area contributed by atoms with Crippen molar-refractivity contribution in [1.29, 1.82) is 0 Å². The molecule has 17 heavy (non-hydrogen) atoms. The molecule has 0 aliphatic carbocycles. The minimum atomic E-state index is -4.52. The Morgan fingerprint density at radius 2 is 1.82 bits per heavy atom. The molecule has 5 heteroatoms. The van der Waals surface area contributed by atoms with Gasteiger partial charge in [0.05, 0.1) is 0 Å². The number of rotatable bonds is 5. The summed E-state index contributed by atoms with van der Waals surface area (Å²) in [5.41, 5.74) is 1.04. The number of benzene rings is 1. The van der Waals surface area contributed by atoms with Crippen LogP contribution in [0.15, 0.2) is 30.3 Å². The van der Waals surface area contributed by atoms with Crippen LogP contribution in [0.1, 0.15) is 12.0 Å². The van der Waals surface area contributed by atoms with Gasteiger partial charge in [-0.05, 0) is 19.0 Å². The van der Waals surface area contributed by atoms with E-state index < -0.39 is 12.3 Å². The van der Waals surface area contributed by atoms with Crippen molar-refractivity contribution in [2.45, 2.75) is 25.2 Å². The highest BCUT2D eigenvalue weighted by Gasteiger charge is 2.37. The van der Waals surface area contributed by atoms with Crippen molar-refractivity contribution in [2.75, 3.05) is 13.6 Å². The zero-order valence-electron chi connectivity index (χ0n) is 9.61.